The first kappa shape index (κ1) is 12.8. The van der Waals surface area contributed by atoms with Crippen LogP contribution in [0.1, 0.15) is 0 Å². The van der Waals surface area contributed by atoms with Crippen molar-refractivity contribution >= 4 is 44.2 Å². The van der Waals surface area contributed by atoms with Crippen LogP contribution in [-0.2, 0) is 0 Å². The number of anilines is 2. The summed E-state index contributed by atoms with van der Waals surface area (Å²) in [6, 6.07) is 16.5. The predicted octanol–water partition coefficient (Wildman–Crippen LogP) is 3.58. The Labute approximate surface area is 128 Å². The van der Waals surface area contributed by atoms with Gasteiger partial charge in [-0.05, 0) is 23.6 Å². The minimum absolute atomic E-state index is 0.527. The van der Waals surface area contributed by atoms with Gasteiger partial charge in [0.1, 0.15) is 5.82 Å². The van der Waals surface area contributed by atoms with Crippen LogP contribution in [-0.4, -0.2) is 24.1 Å². The van der Waals surface area contributed by atoms with Crippen LogP contribution in [0.5, 0.6) is 0 Å². The summed E-state index contributed by atoms with van der Waals surface area (Å²) in [5.74, 6) is 0.527. The van der Waals surface area contributed by atoms with Crippen LogP contribution in [0.15, 0.2) is 48.5 Å². The molecule has 0 aliphatic rings. The summed E-state index contributed by atoms with van der Waals surface area (Å²) in [4.78, 5) is 11.3. The second-order valence-corrected chi connectivity index (χ2v) is 5.67. The second-order valence-electron chi connectivity index (χ2n) is 5.67. The zero-order valence-corrected chi connectivity index (χ0v) is 12.5. The SMILES string of the molecule is CN(C)c1ccc2cc3c(nc(N)c4ccccc43)nc2c1. The summed E-state index contributed by atoms with van der Waals surface area (Å²) in [7, 11) is 4.04. The van der Waals surface area contributed by atoms with Crippen molar-refractivity contribution in [3.05, 3.63) is 48.5 Å². The Morgan fingerprint density at radius 2 is 1.64 bits per heavy atom. The Bertz CT molecular complexity index is 1020. The van der Waals surface area contributed by atoms with Gasteiger partial charge in [-0.3, -0.25) is 0 Å². The third kappa shape index (κ3) is 1.84. The molecule has 2 N–H and O–H groups in total. The highest BCUT2D eigenvalue weighted by atomic mass is 15.1. The number of rotatable bonds is 1. The Hall–Kier alpha value is -2.88. The normalized spacial score (nSPS) is 11.4. The molecule has 2 heterocycles. The number of hydrogen-bond donors (Lipinski definition) is 1. The molecule has 0 spiro atoms. The van der Waals surface area contributed by atoms with Gasteiger partial charge in [0.15, 0.2) is 5.65 Å². The van der Waals surface area contributed by atoms with E-state index in [9.17, 15) is 0 Å². The topological polar surface area (TPSA) is 55.0 Å². The molecule has 22 heavy (non-hydrogen) atoms. The first-order chi connectivity index (χ1) is 10.6. The summed E-state index contributed by atoms with van der Waals surface area (Å²) < 4.78 is 0. The van der Waals surface area contributed by atoms with Gasteiger partial charge in [0.2, 0.25) is 0 Å². The van der Waals surface area contributed by atoms with Crippen LogP contribution in [0.3, 0.4) is 0 Å². The summed E-state index contributed by atoms with van der Waals surface area (Å²) in [6.07, 6.45) is 0. The van der Waals surface area contributed by atoms with Crippen molar-refractivity contribution in [3.63, 3.8) is 0 Å². The summed E-state index contributed by atoms with van der Waals surface area (Å²) >= 11 is 0. The minimum Gasteiger partial charge on any atom is -0.383 e. The summed E-state index contributed by atoms with van der Waals surface area (Å²) in [6.45, 7) is 0. The van der Waals surface area contributed by atoms with Crippen molar-refractivity contribution in [2.24, 2.45) is 0 Å². The van der Waals surface area contributed by atoms with E-state index in [2.05, 4.69) is 40.2 Å². The van der Waals surface area contributed by atoms with Crippen LogP contribution in [0.2, 0.25) is 0 Å². The number of nitrogens with zero attached hydrogens (tertiary/aromatic N) is 3. The van der Waals surface area contributed by atoms with Crippen molar-refractivity contribution in [1.29, 1.82) is 0 Å². The number of nitrogens with two attached hydrogens (primary N) is 1. The van der Waals surface area contributed by atoms with Crippen LogP contribution >= 0.6 is 0 Å². The Kier molecular flexibility index (Phi) is 2.66. The molecule has 0 amide bonds. The molecule has 4 nitrogen and oxygen atoms in total. The van der Waals surface area contributed by atoms with E-state index >= 15 is 0 Å². The number of pyridine rings is 2. The highest BCUT2D eigenvalue weighted by Gasteiger charge is 2.09. The van der Waals surface area contributed by atoms with E-state index in [0.717, 1.165) is 32.7 Å². The lowest BCUT2D eigenvalue weighted by molar-refractivity contribution is 1.13. The van der Waals surface area contributed by atoms with Gasteiger partial charge in [-0.2, -0.15) is 0 Å². The van der Waals surface area contributed by atoms with Crippen LogP contribution in [0, 0.1) is 0 Å². The van der Waals surface area contributed by atoms with Crippen molar-refractivity contribution in [2.75, 3.05) is 24.7 Å². The van der Waals surface area contributed by atoms with Gasteiger partial charge in [0.25, 0.3) is 0 Å². The van der Waals surface area contributed by atoms with Gasteiger partial charge in [0.05, 0.1) is 5.52 Å². The van der Waals surface area contributed by atoms with Crippen LogP contribution in [0.4, 0.5) is 11.5 Å². The third-order valence-electron chi connectivity index (χ3n) is 4.02. The predicted molar refractivity (Wildman–Crippen MR) is 93.3 cm³/mol. The molecule has 0 saturated carbocycles. The average Bonchev–Trinajstić information content (AvgIpc) is 2.53. The van der Waals surface area contributed by atoms with E-state index in [4.69, 9.17) is 10.7 Å². The van der Waals surface area contributed by atoms with Gasteiger partial charge < -0.3 is 10.6 Å². The molecule has 0 aliphatic heterocycles. The van der Waals surface area contributed by atoms with E-state index in [0.29, 0.717) is 11.5 Å². The average molecular weight is 288 g/mol. The van der Waals surface area contributed by atoms with Gasteiger partial charge >= 0.3 is 0 Å². The summed E-state index contributed by atoms with van der Waals surface area (Å²) in [5, 5.41) is 4.21. The van der Waals surface area contributed by atoms with Crippen LogP contribution < -0.4 is 10.6 Å². The lowest BCUT2D eigenvalue weighted by Crippen LogP contribution is -2.08. The van der Waals surface area contributed by atoms with Crippen molar-refractivity contribution < 1.29 is 0 Å². The first-order valence-electron chi connectivity index (χ1n) is 7.19. The molecule has 4 aromatic rings. The fraction of sp³-hybridized carbons (Fsp3) is 0.111. The Morgan fingerprint density at radius 3 is 2.41 bits per heavy atom. The van der Waals surface area contributed by atoms with E-state index < -0.39 is 0 Å². The molecule has 0 bridgehead atoms. The third-order valence-corrected chi connectivity index (χ3v) is 4.02. The maximum atomic E-state index is 6.09. The second kappa shape index (κ2) is 4.56. The maximum absolute atomic E-state index is 6.09. The zero-order valence-electron chi connectivity index (χ0n) is 12.5. The number of hydrogen-bond acceptors (Lipinski definition) is 4. The van der Waals surface area contributed by atoms with Crippen molar-refractivity contribution in [2.45, 2.75) is 0 Å². The molecule has 4 rings (SSSR count). The van der Waals surface area contributed by atoms with Gasteiger partial charge in [-0.1, -0.05) is 30.3 Å². The molecule has 0 radical (unpaired) electrons. The van der Waals surface area contributed by atoms with E-state index in [1.807, 2.05) is 32.3 Å². The smallest absolute Gasteiger partial charge is 0.162 e. The number of nitrogen functional groups attached to an aromatic ring is 1. The molecule has 2 aromatic heterocycles. The monoisotopic (exact) mass is 288 g/mol. The molecular formula is C18H16N4. The van der Waals surface area contributed by atoms with E-state index in [1.54, 1.807) is 0 Å². The number of benzene rings is 2. The Balaban J connectivity index is 2.13. The number of fused-ring (bicyclic) bond motifs is 4. The van der Waals surface area contributed by atoms with Gasteiger partial charge in [-0.15, -0.1) is 0 Å². The highest BCUT2D eigenvalue weighted by molar-refractivity contribution is 6.11. The molecular weight excluding hydrogens is 272 g/mol. The minimum atomic E-state index is 0.527. The van der Waals surface area contributed by atoms with Crippen LogP contribution in [0.25, 0.3) is 32.7 Å². The standard InChI is InChI=1S/C18H16N4/c1-22(2)12-8-7-11-9-15-13-5-3-4-6-14(13)17(19)21-18(15)20-16(11)10-12/h3-10H,1-2H3,(H2,19,20,21). The first-order valence-corrected chi connectivity index (χ1v) is 7.19. The molecule has 0 saturated heterocycles. The molecule has 108 valence electrons. The van der Waals surface area contributed by atoms with E-state index in [-0.39, 0.29) is 0 Å². The largest absolute Gasteiger partial charge is 0.383 e. The molecule has 4 heteroatoms. The number of aromatic nitrogens is 2. The molecule has 0 aliphatic carbocycles. The summed E-state index contributed by atoms with van der Waals surface area (Å²) in [5.41, 5.74) is 8.83. The molecule has 0 unspecified atom stereocenters. The van der Waals surface area contributed by atoms with Crippen molar-refractivity contribution in [1.82, 2.24) is 9.97 Å². The Morgan fingerprint density at radius 1 is 0.864 bits per heavy atom. The lowest BCUT2D eigenvalue weighted by Gasteiger charge is -2.13. The quantitative estimate of drug-likeness (QED) is 0.429. The van der Waals surface area contributed by atoms with Crippen molar-refractivity contribution in [3.8, 4) is 0 Å². The maximum Gasteiger partial charge on any atom is 0.162 e. The fourth-order valence-corrected chi connectivity index (χ4v) is 2.82. The lowest BCUT2D eigenvalue weighted by atomic mass is 10.1. The van der Waals surface area contributed by atoms with E-state index in [1.165, 1.54) is 0 Å². The van der Waals surface area contributed by atoms with Gasteiger partial charge in [-0.25, -0.2) is 9.97 Å². The zero-order chi connectivity index (χ0) is 15.3. The molecule has 2 aromatic carbocycles. The molecule has 0 fully saturated rings. The highest BCUT2D eigenvalue weighted by Crippen LogP contribution is 2.30. The van der Waals surface area contributed by atoms with Gasteiger partial charge in [0, 0.05) is 35.9 Å². The molecule has 0 atom stereocenters. The fourth-order valence-electron chi connectivity index (χ4n) is 2.82.